The summed E-state index contributed by atoms with van der Waals surface area (Å²) >= 11 is 0. The van der Waals surface area contributed by atoms with E-state index in [1.807, 2.05) is 0 Å². The lowest BCUT2D eigenvalue weighted by molar-refractivity contribution is -0.123. The first-order valence-corrected chi connectivity index (χ1v) is 7.06. The molecule has 110 valence electrons. The van der Waals surface area contributed by atoms with Crippen molar-refractivity contribution >= 4 is 5.91 Å². The molecular weight excluding hydrogens is 262 g/mol. The monoisotopic (exact) mass is 282 g/mol. The van der Waals surface area contributed by atoms with Gasteiger partial charge >= 0.3 is 0 Å². The smallest absolute Gasteiger partial charge is 0.237 e. The largest absolute Gasteiger partial charge is 0.348 e. The van der Waals surface area contributed by atoms with Gasteiger partial charge in [0, 0.05) is 11.6 Å². The van der Waals surface area contributed by atoms with E-state index in [9.17, 15) is 13.6 Å². The van der Waals surface area contributed by atoms with Crippen LogP contribution in [0.5, 0.6) is 0 Å². The minimum Gasteiger partial charge on any atom is -0.348 e. The fourth-order valence-electron chi connectivity index (χ4n) is 2.50. The molecule has 1 aliphatic rings. The Hall–Kier alpha value is -1.49. The first-order valence-electron chi connectivity index (χ1n) is 7.06. The zero-order valence-electron chi connectivity index (χ0n) is 11.6. The van der Waals surface area contributed by atoms with Crippen LogP contribution < -0.4 is 10.6 Å². The average molecular weight is 282 g/mol. The summed E-state index contributed by atoms with van der Waals surface area (Å²) in [5, 5.41) is 5.99. The second-order valence-corrected chi connectivity index (χ2v) is 5.25. The second kappa shape index (κ2) is 6.79. The molecule has 1 fully saturated rings. The molecule has 1 aromatic carbocycles. The minimum absolute atomic E-state index is 0.122. The summed E-state index contributed by atoms with van der Waals surface area (Å²) in [6, 6.07) is 2.71. The van der Waals surface area contributed by atoms with Gasteiger partial charge in [-0.1, -0.05) is 18.9 Å². The van der Waals surface area contributed by atoms with Crippen molar-refractivity contribution in [3.63, 3.8) is 0 Å². The van der Waals surface area contributed by atoms with E-state index in [0.717, 1.165) is 38.3 Å². The van der Waals surface area contributed by atoms with Crippen molar-refractivity contribution < 1.29 is 13.6 Å². The van der Waals surface area contributed by atoms with Crippen LogP contribution in [0.25, 0.3) is 0 Å². The first kappa shape index (κ1) is 14.9. The van der Waals surface area contributed by atoms with Crippen LogP contribution in [0.15, 0.2) is 18.2 Å². The van der Waals surface area contributed by atoms with Crippen LogP contribution in [0.1, 0.15) is 44.2 Å². The molecular formula is C15H20F2N2O. The van der Waals surface area contributed by atoms with Crippen LogP contribution in [-0.2, 0) is 4.79 Å². The van der Waals surface area contributed by atoms with Crippen LogP contribution in [0.4, 0.5) is 8.78 Å². The standard InChI is InChI=1S/C15H20F2N2O/c1-10(12-7-6-11(16)9-13(12)17)19-15(20)14-5-3-2-4-8-18-14/h6-7,9-10,14,18H,2-5,8H2,1H3,(H,19,20). The topological polar surface area (TPSA) is 41.1 Å². The van der Waals surface area contributed by atoms with Gasteiger partial charge < -0.3 is 10.6 Å². The molecule has 2 atom stereocenters. The van der Waals surface area contributed by atoms with Gasteiger partial charge in [-0.15, -0.1) is 0 Å². The average Bonchev–Trinajstić information content (AvgIpc) is 2.67. The Kier molecular flexibility index (Phi) is 5.06. The lowest BCUT2D eigenvalue weighted by Crippen LogP contribution is -2.44. The van der Waals surface area contributed by atoms with Crippen LogP contribution >= 0.6 is 0 Å². The summed E-state index contributed by atoms with van der Waals surface area (Å²) in [4.78, 5) is 12.1. The number of hydrogen-bond acceptors (Lipinski definition) is 2. The van der Waals surface area contributed by atoms with Gasteiger partial charge in [0.05, 0.1) is 12.1 Å². The Morgan fingerprint density at radius 3 is 2.90 bits per heavy atom. The maximum atomic E-state index is 13.7. The van der Waals surface area contributed by atoms with Gasteiger partial charge in [0.15, 0.2) is 0 Å². The Bertz CT molecular complexity index is 471. The molecule has 1 aromatic rings. The van der Waals surface area contributed by atoms with Crippen molar-refractivity contribution in [3.05, 3.63) is 35.4 Å². The van der Waals surface area contributed by atoms with E-state index in [4.69, 9.17) is 0 Å². The highest BCUT2D eigenvalue weighted by Gasteiger charge is 2.22. The van der Waals surface area contributed by atoms with Crippen molar-refractivity contribution in [2.75, 3.05) is 6.54 Å². The maximum absolute atomic E-state index is 13.7. The zero-order valence-corrected chi connectivity index (χ0v) is 11.6. The summed E-state index contributed by atoms with van der Waals surface area (Å²) in [5.74, 6) is -1.37. The maximum Gasteiger partial charge on any atom is 0.237 e. The van der Waals surface area contributed by atoms with E-state index in [1.54, 1.807) is 6.92 Å². The van der Waals surface area contributed by atoms with Gasteiger partial charge in [-0.05, 0) is 32.4 Å². The summed E-state index contributed by atoms with van der Waals surface area (Å²) in [6.07, 6.45) is 4.01. The normalized spacial score (nSPS) is 21.1. The Balaban J connectivity index is 1.99. The van der Waals surface area contributed by atoms with Crippen LogP contribution in [0.2, 0.25) is 0 Å². The lowest BCUT2D eigenvalue weighted by Gasteiger charge is -2.20. The molecule has 0 saturated carbocycles. The van der Waals surface area contributed by atoms with Crippen LogP contribution in [0.3, 0.4) is 0 Å². The second-order valence-electron chi connectivity index (χ2n) is 5.25. The van der Waals surface area contributed by atoms with Crippen molar-refractivity contribution in [1.29, 1.82) is 0 Å². The molecule has 0 bridgehead atoms. The van der Waals surface area contributed by atoms with Crippen molar-refractivity contribution in [1.82, 2.24) is 10.6 Å². The number of carbonyl (C=O) groups excluding carboxylic acids is 1. The fraction of sp³-hybridized carbons (Fsp3) is 0.533. The van der Waals surface area contributed by atoms with Crippen molar-refractivity contribution in [2.24, 2.45) is 0 Å². The van der Waals surface area contributed by atoms with Gasteiger partial charge in [-0.2, -0.15) is 0 Å². The van der Waals surface area contributed by atoms with Crippen LogP contribution in [0, 0.1) is 11.6 Å². The number of nitrogens with one attached hydrogen (secondary N) is 2. The highest BCUT2D eigenvalue weighted by Crippen LogP contribution is 2.18. The quantitative estimate of drug-likeness (QED) is 0.895. The number of benzene rings is 1. The van der Waals surface area contributed by atoms with Crippen molar-refractivity contribution in [3.8, 4) is 0 Å². The summed E-state index contributed by atoms with van der Waals surface area (Å²) in [7, 11) is 0. The van der Waals surface area contributed by atoms with Gasteiger partial charge in [0.2, 0.25) is 5.91 Å². The van der Waals surface area contributed by atoms with Crippen molar-refractivity contribution in [2.45, 2.75) is 44.7 Å². The molecule has 5 heteroatoms. The molecule has 1 aliphatic heterocycles. The minimum atomic E-state index is -0.633. The zero-order chi connectivity index (χ0) is 14.5. The van der Waals surface area contributed by atoms with Gasteiger partial charge in [0.1, 0.15) is 11.6 Å². The number of hydrogen-bond donors (Lipinski definition) is 2. The molecule has 1 heterocycles. The third-order valence-corrected chi connectivity index (χ3v) is 3.66. The number of rotatable bonds is 3. The van der Waals surface area contributed by atoms with Gasteiger partial charge in [-0.3, -0.25) is 4.79 Å². The highest BCUT2D eigenvalue weighted by molar-refractivity contribution is 5.82. The summed E-state index contributed by atoms with van der Waals surface area (Å²) in [6.45, 7) is 2.53. The SMILES string of the molecule is CC(NC(=O)C1CCCCCN1)c1ccc(F)cc1F. The fourth-order valence-corrected chi connectivity index (χ4v) is 2.50. The predicted octanol–water partition coefficient (Wildman–Crippen LogP) is 2.67. The Labute approximate surface area is 117 Å². The Morgan fingerprint density at radius 1 is 1.35 bits per heavy atom. The molecule has 1 saturated heterocycles. The molecule has 2 unspecified atom stereocenters. The summed E-state index contributed by atoms with van der Waals surface area (Å²) < 4.78 is 26.5. The number of halogens is 2. The molecule has 0 radical (unpaired) electrons. The van der Waals surface area contributed by atoms with Gasteiger partial charge in [-0.25, -0.2) is 8.78 Å². The lowest BCUT2D eigenvalue weighted by atomic mass is 10.1. The van der Waals surface area contributed by atoms with Gasteiger partial charge in [0.25, 0.3) is 0 Å². The summed E-state index contributed by atoms with van der Waals surface area (Å²) in [5.41, 5.74) is 0.299. The molecule has 0 spiro atoms. The first-order chi connectivity index (χ1) is 9.58. The third-order valence-electron chi connectivity index (χ3n) is 3.66. The van der Waals surface area contributed by atoms with E-state index in [0.29, 0.717) is 5.56 Å². The molecule has 2 N–H and O–H groups in total. The number of amides is 1. The molecule has 0 aromatic heterocycles. The van der Waals surface area contributed by atoms with E-state index in [1.165, 1.54) is 12.1 Å². The molecule has 3 nitrogen and oxygen atoms in total. The molecule has 1 amide bonds. The Morgan fingerprint density at radius 2 is 2.15 bits per heavy atom. The van der Waals surface area contributed by atoms with E-state index >= 15 is 0 Å². The molecule has 2 rings (SSSR count). The van der Waals surface area contributed by atoms with E-state index < -0.39 is 17.7 Å². The highest BCUT2D eigenvalue weighted by atomic mass is 19.1. The molecule has 20 heavy (non-hydrogen) atoms. The van der Waals surface area contributed by atoms with E-state index in [-0.39, 0.29) is 11.9 Å². The van der Waals surface area contributed by atoms with Crippen LogP contribution in [-0.4, -0.2) is 18.5 Å². The number of carbonyl (C=O) groups is 1. The predicted molar refractivity (Wildman–Crippen MR) is 73.2 cm³/mol. The molecule has 0 aliphatic carbocycles. The van der Waals surface area contributed by atoms with E-state index in [2.05, 4.69) is 10.6 Å². The third kappa shape index (κ3) is 3.76.